The third-order valence-corrected chi connectivity index (χ3v) is 1.39. The van der Waals surface area contributed by atoms with Crippen molar-refractivity contribution in [1.82, 2.24) is 0 Å². The van der Waals surface area contributed by atoms with Gasteiger partial charge in [0.1, 0.15) is 0 Å². The molecule has 0 rings (SSSR count). The van der Waals surface area contributed by atoms with Crippen LogP contribution >= 0.6 is 11.6 Å². The van der Waals surface area contributed by atoms with Crippen molar-refractivity contribution in [3.63, 3.8) is 0 Å². The van der Waals surface area contributed by atoms with E-state index < -0.39 is 0 Å². The molecule has 0 nitrogen and oxygen atoms in total. The molecule has 0 spiro atoms. The maximum atomic E-state index is 5.54. The van der Waals surface area contributed by atoms with E-state index in [1.54, 1.807) is 0 Å². The molecule has 56 valence electrons. The van der Waals surface area contributed by atoms with Crippen LogP contribution in [0.5, 0.6) is 0 Å². The summed E-state index contributed by atoms with van der Waals surface area (Å²) in [5, 5.41) is 0. The summed E-state index contributed by atoms with van der Waals surface area (Å²) in [7, 11) is 0. The molecule has 0 aliphatic rings. The molecule has 0 aromatic carbocycles. The molecule has 0 unspecified atom stereocenters. The second-order valence-corrected chi connectivity index (χ2v) is 2.62. The summed E-state index contributed by atoms with van der Waals surface area (Å²) in [5.41, 5.74) is 2.22. The Kier molecular flexibility index (Phi) is 5.05. The molecule has 0 fully saturated rings. The molecule has 0 aromatic heterocycles. The van der Waals surface area contributed by atoms with E-state index in [9.17, 15) is 0 Å². The molecule has 0 bridgehead atoms. The summed E-state index contributed by atoms with van der Waals surface area (Å²) < 4.78 is 0. The predicted octanol–water partition coefficient (Wildman–Crippen LogP) is 3.30. The largest absolute Gasteiger partial charge is 0.122 e. The molecule has 0 N–H and O–H groups in total. The monoisotopic (exact) mass is 156 g/mol. The van der Waals surface area contributed by atoms with Gasteiger partial charge in [-0.2, -0.15) is 0 Å². The molecule has 0 aliphatic heterocycles. The molecule has 0 saturated carbocycles. The van der Waals surface area contributed by atoms with E-state index in [4.69, 9.17) is 11.6 Å². The zero-order valence-electron chi connectivity index (χ0n) is 6.52. The lowest BCUT2D eigenvalue weighted by Gasteiger charge is -1.87. The summed E-state index contributed by atoms with van der Waals surface area (Å²) >= 11 is 5.54. The Morgan fingerprint density at radius 1 is 1.50 bits per heavy atom. The van der Waals surface area contributed by atoms with Crippen molar-refractivity contribution in [2.75, 3.05) is 5.88 Å². The summed E-state index contributed by atoms with van der Waals surface area (Å²) in [6, 6.07) is 0. The van der Waals surface area contributed by atoms with Crippen molar-refractivity contribution in [1.29, 1.82) is 0 Å². The minimum atomic E-state index is 0.598. The normalized spacial score (nSPS) is 12.5. The number of halogens is 1. The highest BCUT2D eigenvalue weighted by Crippen LogP contribution is 1.97. The van der Waals surface area contributed by atoms with Crippen LogP contribution in [0.4, 0.5) is 0 Å². The summed E-state index contributed by atoms with van der Waals surface area (Å²) in [5.74, 6) is 0.598. The minimum absolute atomic E-state index is 0.598. The third-order valence-electron chi connectivity index (χ3n) is 0.972. The van der Waals surface area contributed by atoms with Crippen LogP contribution in [0.2, 0.25) is 0 Å². The standard InChI is InChI=1S/C9H13Cl/c1-8(2)5-4-6-9(3)7-10/h4-6H,1,7H2,2-3H3/b5-4-,9-6-. The molecule has 0 atom stereocenters. The van der Waals surface area contributed by atoms with Gasteiger partial charge in [0.15, 0.2) is 0 Å². The fourth-order valence-electron chi connectivity index (χ4n) is 0.421. The van der Waals surface area contributed by atoms with Crippen molar-refractivity contribution in [3.8, 4) is 0 Å². The van der Waals surface area contributed by atoms with Crippen molar-refractivity contribution < 1.29 is 0 Å². The van der Waals surface area contributed by atoms with E-state index in [-0.39, 0.29) is 0 Å². The van der Waals surface area contributed by atoms with Crippen LogP contribution in [-0.2, 0) is 0 Å². The van der Waals surface area contributed by atoms with Gasteiger partial charge in [0.2, 0.25) is 0 Å². The molecule has 0 saturated heterocycles. The predicted molar refractivity (Wildman–Crippen MR) is 48.4 cm³/mol. The summed E-state index contributed by atoms with van der Waals surface area (Å²) in [6.07, 6.45) is 5.90. The first-order valence-electron chi connectivity index (χ1n) is 3.22. The first-order chi connectivity index (χ1) is 4.66. The van der Waals surface area contributed by atoms with Gasteiger partial charge in [-0.05, 0) is 13.8 Å². The fourth-order valence-corrected chi connectivity index (χ4v) is 0.510. The number of allylic oxidation sites excluding steroid dienone is 5. The zero-order chi connectivity index (χ0) is 7.98. The van der Waals surface area contributed by atoms with E-state index in [2.05, 4.69) is 6.58 Å². The van der Waals surface area contributed by atoms with E-state index in [1.807, 2.05) is 32.1 Å². The lowest BCUT2D eigenvalue weighted by atomic mass is 10.2. The van der Waals surface area contributed by atoms with Crippen molar-refractivity contribution in [2.24, 2.45) is 0 Å². The SMILES string of the molecule is C=C(C)/C=C\C=C(\C)CCl. The molecule has 0 amide bonds. The van der Waals surface area contributed by atoms with Crippen LogP contribution in [0, 0.1) is 0 Å². The molecule has 10 heavy (non-hydrogen) atoms. The lowest BCUT2D eigenvalue weighted by molar-refractivity contribution is 1.40. The zero-order valence-corrected chi connectivity index (χ0v) is 7.28. The van der Waals surface area contributed by atoms with Gasteiger partial charge >= 0.3 is 0 Å². The lowest BCUT2D eigenvalue weighted by Crippen LogP contribution is -1.72. The Balaban J connectivity index is 3.82. The van der Waals surface area contributed by atoms with Crippen LogP contribution in [0.25, 0.3) is 0 Å². The topological polar surface area (TPSA) is 0 Å². The van der Waals surface area contributed by atoms with Gasteiger partial charge in [-0.1, -0.05) is 36.0 Å². The van der Waals surface area contributed by atoms with Gasteiger partial charge in [-0.15, -0.1) is 11.6 Å². The Bertz CT molecular complexity index is 164. The fraction of sp³-hybridized carbons (Fsp3) is 0.333. The van der Waals surface area contributed by atoms with Crippen LogP contribution in [0.15, 0.2) is 36.0 Å². The minimum Gasteiger partial charge on any atom is -0.122 e. The highest BCUT2D eigenvalue weighted by atomic mass is 35.5. The molecular weight excluding hydrogens is 144 g/mol. The summed E-state index contributed by atoms with van der Waals surface area (Å²) in [4.78, 5) is 0. The second-order valence-electron chi connectivity index (χ2n) is 2.35. The van der Waals surface area contributed by atoms with Gasteiger partial charge in [-0.3, -0.25) is 0 Å². The maximum Gasteiger partial charge on any atom is 0.0433 e. The second kappa shape index (κ2) is 5.31. The van der Waals surface area contributed by atoms with Crippen LogP contribution < -0.4 is 0 Å². The van der Waals surface area contributed by atoms with Crippen molar-refractivity contribution in [2.45, 2.75) is 13.8 Å². The number of hydrogen-bond acceptors (Lipinski definition) is 0. The highest BCUT2D eigenvalue weighted by molar-refractivity contribution is 6.19. The Hall–Kier alpha value is -0.490. The average Bonchev–Trinajstić information content (AvgIpc) is 1.87. The number of rotatable bonds is 3. The number of hydrogen-bond donors (Lipinski definition) is 0. The van der Waals surface area contributed by atoms with Gasteiger partial charge < -0.3 is 0 Å². The van der Waals surface area contributed by atoms with E-state index in [1.165, 1.54) is 5.57 Å². The Morgan fingerprint density at radius 2 is 2.10 bits per heavy atom. The van der Waals surface area contributed by atoms with Crippen LogP contribution in [-0.4, -0.2) is 5.88 Å². The summed E-state index contributed by atoms with van der Waals surface area (Å²) in [6.45, 7) is 7.68. The highest BCUT2D eigenvalue weighted by Gasteiger charge is 1.79. The van der Waals surface area contributed by atoms with Gasteiger partial charge in [0.25, 0.3) is 0 Å². The van der Waals surface area contributed by atoms with Gasteiger partial charge in [-0.25, -0.2) is 0 Å². The van der Waals surface area contributed by atoms with Crippen LogP contribution in [0.3, 0.4) is 0 Å². The van der Waals surface area contributed by atoms with E-state index in [0.717, 1.165) is 5.57 Å². The van der Waals surface area contributed by atoms with E-state index in [0.29, 0.717) is 5.88 Å². The van der Waals surface area contributed by atoms with Gasteiger partial charge in [0.05, 0.1) is 0 Å². The van der Waals surface area contributed by atoms with Crippen molar-refractivity contribution >= 4 is 11.6 Å². The maximum absolute atomic E-state index is 5.54. The van der Waals surface area contributed by atoms with Crippen molar-refractivity contribution in [3.05, 3.63) is 36.0 Å². The average molecular weight is 157 g/mol. The Labute approximate surface area is 67.9 Å². The molecule has 0 aliphatic carbocycles. The van der Waals surface area contributed by atoms with E-state index >= 15 is 0 Å². The molecular formula is C9H13Cl. The quantitative estimate of drug-likeness (QED) is 0.435. The molecule has 0 heterocycles. The third kappa shape index (κ3) is 5.64. The first-order valence-corrected chi connectivity index (χ1v) is 3.75. The molecule has 0 radical (unpaired) electrons. The smallest absolute Gasteiger partial charge is 0.0433 e. The molecule has 1 heteroatoms. The Morgan fingerprint density at radius 3 is 2.50 bits per heavy atom. The van der Waals surface area contributed by atoms with Gasteiger partial charge in [0, 0.05) is 5.88 Å². The van der Waals surface area contributed by atoms with Crippen LogP contribution in [0.1, 0.15) is 13.8 Å². The first kappa shape index (κ1) is 9.51. The molecule has 0 aromatic rings. The number of alkyl halides is 1.